The second-order valence-corrected chi connectivity index (χ2v) is 4.20. The molecule has 0 N–H and O–H groups in total. The molecule has 0 bridgehead atoms. The second-order valence-electron chi connectivity index (χ2n) is 4.20. The summed E-state index contributed by atoms with van der Waals surface area (Å²) in [6, 6.07) is 17.4. The number of rotatable bonds is 4. The molecule has 0 aliphatic heterocycles. The molecule has 0 amide bonds. The van der Waals surface area contributed by atoms with Crippen molar-refractivity contribution in [3.8, 4) is 11.5 Å². The Morgan fingerprint density at radius 2 is 1.24 bits per heavy atom. The molecule has 2 aromatic carbocycles. The molecular weight excluding hydrogens is 212 g/mol. The molecule has 0 unspecified atom stereocenters. The van der Waals surface area contributed by atoms with E-state index in [1.807, 2.05) is 54.6 Å². The first-order valence-electron chi connectivity index (χ1n) is 5.75. The molecule has 0 spiro atoms. The maximum Gasteiger partial charge on any atom is 0.178 e. The van der Waals surface area contributed by atoms with E-state index in [1.54, 1.807) is 0 Å². The van der Waals surface area contributed by atoms with Crippen molar-refractivity contribution in [2.45, 2.75) is 19.8 Å². The molecular formula is C15H16O2. The molecule has 0 saturated heterocycles. The molecule has 0 radical (unpaired) electrons. The molecule has 0 aliphatic rings. The number of hydrogen-bond donors (Lipinski definition) is 0. The van der Waals surface area contributed by atoms with Crippen LogP contribution in [0.3, 0.4) is 0 Å². The van der Waals surface area contributed by atoms with Crippen molar-refractivity contribution in [2.24, 2.45) is 0 Å². The topological polar surface area (TPSA) is 18.5 Å². The Kier molecular flexibility index (Phi) is 3.66. The Morgan fingerprint density at radius 1 is 0.706 bits per heavy atom. The lowest BCUT2D eigenvalue weighted by atomic mass is 10.0. The highest BCUT2D eigenvalue weighted by Crippen LogP contribution is 2.19. The zero-order valence-electron chi connectivity index (χ0n) is 10.1. The standard InChI is InChI=1S/C15H16O2/c1-12(2)13-8-10-15(11-9-13)17-16-14-6-4-3-5-7-14/h3-12H,1-2H3. The summed E-state index contributed by atoms with van der Waals surface area (Å²) in [4.78, 5) is 10.4. The van der Waals surface area contributed by atoms with Gasteiger partial charge in [0, 0.05) is 0 Å². The fourth-order valence-corrected chi connectivity index (χ4v) is 1.48. The average molecular weight is 228 g/mol. The summed E-state index contributed by atoms with van der Waals surface area (Å²) in [7, 11) is 0. The molecule has 2 aromatic rings. The SMILES string of the molecule is CC(C)c1ccc(OOc2ccccc2)cc1. The Bertz CT molecular complexity index is 446. The first kappa shape index (κ1) is 11.5. The third-order valence-corrected chi connectivity index (χ3v) is 2.52. The van der Waals surface area contributed by atoms with E-state index in [0.29, 0.717) is 17.4 Å². The number of benzene rings is 2. The van der Waals surface area contributed by atoms with Crippen molar-refractivity contribution in [3.05, 3.63) is 60.2 Å². The van der Waals surface area contributed by atoms with Crippen LogP contribution in [0.15, 0.2) is 54.6 Å². The summed E-state index contributed by atoms with van der Waals surface area (Å²) < 4.78 is 0. The quantitative estimate of drug-likeness (QED) is 0.577. The van der Waals surface area contributed by atoms with Crippen molar-refractivity contribution in [1.82, 2.24) is 0 Å². The van der Waals surface area contributed by atoms with Crippen molar-refractivity contribution in [3.63, 3.8) is 0 Å². The van der Waals surface area contributed by atoms with E-state index in [4.69, 9.17) is 9.78 Å². The van der Waals surface area contributed by atoms with Crippen LogP contribution >= 0.6 is 0 Å². The first-order chi connectivity index (χ1) is 8.25. The van der Waals surface area contributed by atoms with Gasteiger partial charge >= 0.3 is 0 Å². The van der Waals surface area contributed by atoms with Gasteiger partial charge in [0.05, 0.1) is 0 Å². The third kappa shape index (κ3) is 3.25. The lowest BCUT2D eigenvalue weighted by molar-refractivity contribution is -0.0999. The summed E-state index contributed by atoms with van der Waals surface area (Å²) in [5.74, 6) is 1.93. The maximum atomic E-state index is 5.23. The van der Waals surface area contributed by atoms with Crippen molar-refractivity contribution in [2.75, 3.05) is 0 Å². The maximum absolute atomic E-state index is 5.23. The van der Waals surface area contributed by atoms with Crippen molar-refractivity contribution >= 4 is 0 Å². The molecule has 0 saturated carbocycles. The molecule has 17 heavy (non-hydrogen) atoms. The van der Waals surface area contributed by atoms with Crippen LogP contribution in [-0.4, -0.2) is 0 Å². The summed E-state index contributed by atoms with van der Waals surface area (Å²) in [6.07, 6.45) is 0. The highest BCUT2D eigenvalue weighted by Gasteiger charge is 2.00. The normalized spacial score (nSPS) is 10.3. The Balaban J connectivity index is 1.96. The molecule has 88 valence electrons. The molecule has 0 aromatic heterocycles. The van der Waals surface area contributed by atoms with Gasteiger partial charge in [-0.05, 0) is 35.7 Å². The molecule has 2 nitrogen and oxygen atoms in total. The largest absolute Gasteiger partial charge is 0.290 e. The average Bonchev–Trinajstić information content (AvgIpc) is 2.38. The summed E-state index contributed by atoms with van der Waals surface area (Å²) in [5.41, 5.74) is 1.29. The lowest BCUT2D eigenvalue weighted by Gasteiger charge is -2.08. The van der Waals surface area contributed by atoms with Crippen LogP contribution in [0.5, 0.6) is 11.5 Å². The zero-order valence-corrected chi connectivity index (χ0v) is 10.1. The van der Waals surface area contributed by atoms with Gasteiger partial charge in [0.1, 0.15) is 0 Å². The van der Waals surface area contributed by atoms with Gasteiger partial charge in [0.2, 0.25) is 0 Å². The smallest absolute Gasteiger partial charge is 0.178 e. The summed E-state index contributed by atoms with van der Waals surface area (Å²) in [5, 5.41) is 0. The Labute approximate surface area is 102 Å². The van der Waals surface area contributed by atoms with Gasteiger partial charge in [0.15, 0.2) is 11.5 Å². The van der Waals surface area contributed by atoms with Crippen molar-refractivity contribution in [1.29, 1.82) is 0 Å². The third-order valence-electron chi connectivity index (χ3n) is 2.52. The molecule has 0 atom stereocenters. The van der Waals surface area contributed by atoms with Crippen LogP contribution in [0.4, 0.5) is 0 Å². The first-order valence-corrected chi connectivity index (χ1v) is 5.75. The fourth-order valence-electron chi connectivity index (χ4n) is 1.48. The van der Waals surface area contributed by atoms with Crippen molar-refractivity contribution < 1.29 is 9.78 Å². The number of para-hydroxylation sites is 1. The van der Waals surface area contributed by atoms with E-state index in [-0.39, 0.29) is 0 Å². The van der Waals surface area contributed by atoms with Gasteiger partial charge < -0.3 is 0 Å². The van der Waals surface area contributed by atoms with E-state index in [1.165, 1.54) is 5.56 Å². The number of hydrogen-bond acceptors (Lipinski definition) is 2. The molecule has 0 heterocycles. The molecule has 0 aliphatic carbocycles. The van der Waals surface area contributed by atoms with E-state index < -0.39 is 0 Å². The minimum Gasteiger partial charge on any atom is -0.290 e. The highest BCUT2D eigenvalue weighted by molar-refractivity contribution is 5.29. The van der Waals surface area contributed by atoms with Gasteiger partial charge in [0.25, 0.3) is 0 Å². The van der Waals surface area contributed by atoms with Crippen LogP contribution in [0, 0.1) is 0 Å². The predicted octanol–water partition coefficient (Wildman–Crippen LogP) is 4.18. The van der Waals surface area contributed by atoms with Crippen LogP contribution < -0.4 is 9.78 Å². The van der Waals surface area contributed by atoms with Crippen LogP contribution in [-0.2, 0) is 0 Å². The van der Waals surface area contributed by atoms with Crippen LogP contribution in [0.25, 0.3) is 0 Å². The van der Waals surface area contributed by atoms with E-state index >= 15 is 0 Å². The Morgan fingerprint density at radius 3 is 1.76 bits per heavy atom. The van der Waals surface area contributed by atoms with E-state index in [0.717, 1.165) is 0 Å². The monoisotopic (exact) mass is 228 g/mol. The van der Waals surface area contributed by atoms with Crippen LogP contribution in [0.2, 0.25) is 0 Å². The van der Waals surface area contributed by atoms with Gasteiger partial charge in [-0.1, -0.05) is 44.2 Å². The second kappa shape index (κ2) is 5.39. The molecule has 0 fully saturated rings. The van der Waals surface area contributed by atoms with Crippen LogP contribution in [0.1, 0.15) is 25.3 Å². The van der Waals surface area contributed by atoms with E-state index in [9.17, 15) is 0 Å². The van der Waals surface area contributed by atoms with Gasteiger partial charge in [-0.25, -0.2) is 0 Å². The zero-order chi connectivity index (χ0) is 12.1. The van der Waals surface area contributed by atoms with Gasteiger partial charge in [-0.2, -0.15) is 0 Å². The molecule has 2 heteroatoms. The fraction of sp³-hybridized carbons (Fsp3) is 0.200. The summed E-state index contributed by atoms with van der Waals surface area (Å²) >= 11 is 0. The molecule has 2 rings (SSSR count). The predicted molar refractivity (Wildman–Crippen MR) is 68.2 cm³/mol. The highest BCUT2D eigenvalue weighted by atomic mass is 17.2. The summed E-state index contributed by atoms with van der Waals surface area (Å²) in [6.45, 7) is 4.33. The van der Waals surface area contributed by atoms with Gasteiger partial charge in [-0.15, -0.1) is 0 Å². The van der Waals surface area contributed by atoms with Gasteiger partial charge in [-0.3, -0.25) is 9.78 Å². The minimum atomic E-state index is 0.527. The lowest BCUT2D eigenvalue weighted by Crippen LogP contribution is -2.00. The minimum absolute atomic E-state index is 0.527. The Hall–Kier alpha value is -1.96. The van der Waals surface area contributed by atoms with E-state index in [2.05, 4.69) is 13.8 Å².